The molecular formula is C15H28N2O3. The van der Waals surface area contributed by atoms with Gasteiger partial charge in [0.05, 0.1) is 6.42 Å². The standard InChI is InChI=1S/C15H28N2O3/c1-5-15(6-2)8-9-16(11-15)14(20)17(7-3)12(4)10-13(18)19/h12H,5-11H2,1-4H3,(H,18,19). The molecule has 0 saturated carbocycles. The molecule has 2 amide bonds. The van der Waals surface area contributed by atoms with E-state index in [0.29, 0.717) is 6.54 Å². The molecule has 0 aromatic heterocycles. The summed E-state index contributed by atoms with van der Waals surface area (Å²) < 4.78 is 0. The van der Waals surface area contributed by atoms with Gasteiger partial charge in [-0.2, -0.15) is 0 Å². The Balaban J connectivity index is 2.71. The fraction of sp³-hybridized carbons (Fsp3) is 0.867. The van der Waals surface area contributed by atoms with Gasteiger partial charge in [-0.25, -0.2) is 4.79 Å². The van der Waals surface area contributed by atoms with Gasteiger partial charge in [-0.15, -0.1) is 0 Å². The number of aliphatic carboxylic acids is 1. The molecule has 0 aromatic rings. The highest BCUT2D eigenvalue weighted by molar-refractivity contribution is 5.76. The molecule has 116 valence electrons. The maximum Gasteiger partial charge on any atom is 0.320 e. The second-order valence-electron chi connectivity index (χ2n) is 5.89. The molecule has 0 aliphatic carbocycles. The quantitative estimate of drug-likeness (QED) is 0.816. The first-order valence-electron chi connectivity index (χ1n) is 7.66. The van der Waals surface area contributed by atoms with Gasteiger partial charge in [0.1, 0.15) is 0 Å². The van der Waals surface area contributed by atoms with Gasteiger partial charge in [-0.3, -0.25) is 4.79 Å². The lowest BCUT2D eigenvalue weighted by atomic mass is 9.82. The van der Waals surface area contributed by atoms with E-state index in [-0.39, 0.29) is 23.9 Å². The fourth-order valence-corrected chi connectivity index (χ4v) is 3.11. The van der Waals surface area contributed by atoms with E-state index in [1.165, 1.54) is 0 Å². The van der Waals surface area contributed by atoms with Crippen molar-refractivity contribution in [3.63, 3.8) is 0 Å². The van der Waals surface area contributed by atoms with Crippen LogP contribution in [0, 0.1) is 5.41 Å². The lowest BCUT2D eigenvalue weighted by molar-refractivity contribution is -0.138. The van der Waals surface area contributed by atoms with Crippen molar-refractivity contribution in [1.82, 2.24) is 9.80 Å². The first kappa shape index (κ1) is 16.8. The van der Waals surface area contributed by atoms with Gasteiger partial charge < -0.3 is 14.9 Å². The second kappa shape index (κ2) is 6.95. The molecule has 5 nitrogen and oxygen atoms in total. The topological polar surface area (TPSA) is 60.9 Å². The third-order valence-corrected chi connectivity index (χ3v) is 4.80. The number of nitrogens with zero attached hydrogens (tertiary/aromatic N) is 2. The average Bonchev–Trinajstić information content (AvgIpc) is 2.83. The normalized spacial score (nSPS) is 18.9. The lowest BCUT2D eigenvalue weighted by Crippen LogP contribution is -2.47. The first-order chi connectivity index (χ1) is 9.39. The molecular weight excluding hydrogens is 256 g/mol. The summed E-state index contributed by atoms with van der Waals surface area (Å²) in [5.74, 6) is -0.860. The van der Waals surface area contributed by atoms with E-state index in [0.717, 1.165) is 32.4 Å². The summed E-state index contributed by atoms with van der Waals surface area (Å²) >= 11 is 0. The van der Waals surface area contributed by atoms with Crippen molar-refractivity contribution in [3.8, 4) is 0 Å². The Hall–Kier alpha value is -1.26. The summed E-state index contributed by atoms with van der Waals surface area (Å²) in [6.45, 7) is 10.2. The van der Waals surface area contributed by atoms with Crippen molar-refractivity contribution in [2.75, 3.05) is 19.6 Å². The Labute approximate surface area is 121 Å². The van der Waals surface area contributed by atoms with E-state index >= 15 is 0 Å². The highest BCUT2D eigenvalue weighted by Crippen LogP contribution is 2.37. The van der Waals surface area contributed by atoms with Crippen molar-refractivity contribution < 1.29 is 14.7 Å². The van der Waals surface area contributed by atoms with Crippen LogP contribution in [0.15, 0.2) is 0 Å². The highest BCUT2D eigenvalue weighted by Gasteiger charge is 2.38. The zero-order chi connectivity index (χ0) is 15.3. The first-order valence-corrected chi connectivity index (χ1v) is 7.66. The molecule has 1 unspecified atom stereocenters. The van der Waals surface area contributed by atoms with Gasteiger partial charge in [0.2, 0.25) is 0 Å². The lowest BCUT2D eigenvalue weighted by Gasteiger charge is -2.33. The van der Waals surface area contributed by atoms with Gasteiger partial charge >= 0.3 is 12.0 Å². The Morgan fingerprint density at radius 2 is 1.90 bits per heavy atom. The van der Waals surface area contributed by atoms with E-state index < -0.39 is 5.97 Å². The number of hydrogen-bond donors (Lipinski definition) is 1. The number of rotatable bonds is 6. The molecule has 1 rings (SSSR count). The summed E-state index contributed by atoms with van der Waals surface area (Å²) in [6, 6.07) is -0.270. The maximum absolute atomic E-state index is 12.6. The van der Waals surface area contributed by atoms with Crippen LogP contribution in [0.5, 0.6) is 0 Å². The van der Waals surface area contributed by atoms with Crippen molar-refractivity contribution >= 4 is 12.0 Å². The van der Waals surface area contributed by atoms with E-state index in [2.05, 4.69) is 13.8 Å². The molecule has 0 radical (unpaired) electrons. The number of likely N-dealkylation sites (tertiary alicyclic amines) is 1. The van der Waals surface area contributed by atoms with Gasteiger partial charge in [0.25, 0.3) is 0 Å². The fourth-order valence-electron chi connectivity index (χ4n) is 3.11. The molecule has 0 spiro atoms. The van der Waals surface area contributed by atoms with Gasteiger partial charge in [-0.1, -0.05) is 13.8 Å². The van der Waals surface area contributed by atoms with Crippen LogP contribution < -0.4 is 0 Å². The smallest absolute Gasteiger partial charge is 0.320 e. The van der Waals surface area contributed by atoms with Crippen LogP contribution >= 0.6 is 0 Å². The predicted molar refractivity (Wildman–Crippen MR) is 78.7 cm³/mol. The van der Waals surface area contributed by atoms with Crippen LogP contribution in [0.4, 0.5) is 4.79 Å². The molecule has 1 aliphatic heterocycles. The minimum atomic E-state index is -0.860. The highest BCUT2D eigenvalue weighted by atomic mass is 16.4. The summed E-state index contributed by atoms with van der Waals surface area (Å²) in [4.78, 5) is 27.0. The Morgan fingerprint density at radius 3 is 2.30 bits per heavy atom. The minimum absolute atomic E-state index is 0.000117. The molecule has 1 atom stereocenters. The molecule has 20 heavy (non-hydrogen) atoms. The van der Waals surface area contributed by atoms with Gasteiger partial charge in [0, 0.05) is 25.7 Å². The largest absolute Gasteiger partial charge is 0.481 e. The van der Waals surface area contributed by atoms with Crippen LogP contribution in [-0.2, 0) is 4.79 Å². The summed E-state index contributed by atoms with van der Waals surface area (Å²) in [5, 5.41) is 8.88. The molecule has 5 heteroatoms. The number of urea groups is 1. The molecule has 1 N–H and O–H groups in total. The Kier molecular flexibility index (Phi) is 5.84. The number of carbonyl (C=O) groups is 2. The number of hydrogen-bond acceptors (Lipinski definition) is 2. The van der Waals surface area contributed by atoms with Gasteiger partial charge in [-0.05, 0) is 38.5 Å². The zero-order valence-electron chi connectivity index (χ0n) is 13.2. The molecule has 1 heterocycles. The monoisotopic (exact) mass is 284 g/mol. The van der Waals surface area contributed by atoms with E-state index in [9.17, 15) is 9.59 Å². The third kappa shape index (κ3) is 3.64. The van der Waals surface area contributed by atoms with Crippen molar-refractivity contribution in [2.24, 2.45) is 5.41 Å². The Bertz CT molecular complexity index is 353. The molecule has 1 saturated heterocycles. The van der Waals surface area contributed by atoms with Gasteiger partial charge in [0.15, 0.2) is 0 Å². The number of carboxylic acids is 1. The van der Waals surface area contributed by atoms with E-state index in [1.54, 1.807) is 11.8 Å². The summed E-state index contributed by atoms with van der Waals surface area (Å²) in [7, 11) is 0. The number of carbonyl (C=O) groups excluding carboxylic acids is 1. The third-order valence-electron chi connectivity index (χ3n) is 4.80. The van der Waals surface area contributed by atoms with E-state index in [1.807, 2.05) is 11.8 Å². The maximum atomic E-state index is 12.6. The second-order valence-corrected chi connectivity index (χ2v) is 5.89. The molecule has 0 aromatic carbocycles. The summed E-state index contributed by atoms with van der Waals surface area (Å²) in [6.07, 6.45) is 3.23. The molecule has 1 fully saturated rings. The minimum Gasteiger partial charge on any atom is -0.481 e. The molecule has 0 bridgehead atoms. The van der Waals surface area contributed by atoms with Crippen LogP contribution in [0.3, 0.4) is 0 Å². The Morgan fingerprint density at radius 1 is 1.30 bits per heavy atom. The zero-order valence-corrected chi connectivity index (χ0v) is 13.2. The van der Waals surface area contributed by atoms with Crippen LogP contribution in [0.25, 0.3) is 0 Å². The SMILES string of the molecule is CCN(C(=O)N1CCC(CC)(CC)C1)C(C)CC(=O)O. The number of amides is 2. The van der Waals surface area contributed by atoms with Crippen molar-refractivity contribution in [3.05, 3.63) is 0 Å². The average molecular weight is 284 g/mol. The van der Waals surface area contributed by atoms with E-state index in [4.69, 9.17) is 5.11 Å². The summed E-state index contributed by atoms with van der Waals surface area (Å²) in [5.41, 5.74) is 0.255. The van der Waals surface area contributed by atoms with Crippen LogP contribution in [0.1, 0.15) is 53.4 Å². The van der Waals surface area contributed by atoms with Crippen LogP contribution in [-0.4, -0.2) is 52.6 Å². The van der Waals surface area contributed by atoms with Crippen molar-refractivity contribution in [1.29, 1.82) is 0 Å². The molecule has 1 aliphatic rings. The van der Waals surface area contributed by atoms with Crippen LogP contribution in [0.2, 0.25) is 0 Å². The predicted octanol–water partition coefficient (Wildman–Crippen LogP) is 2.80. The number of carboxylic acid groups (broad SMARTS) is 1. The van der Waals surface area contributed by atoms with Crippen molar-refractivity contribution in [2.45, 2.75) is 59.4 Å².